The second-order valence-electron chi connectivity index (χ2n) is 7.72. The van der Waals surface area contributed by atoms with Gasteiger partial charge in [0.05, 0.1) is 4.92 Å². The fourth-order valence-electron chi connectivity index (χ4n) is 4.18. The fraction of sp³-hybridized carbons (Fsp3) is 0.632. The second kappa shape index (κ2) is 8.82. The van der Waals surface area contributed by atoms with E-state index < -0.39 is 4.92 Å². The summed E-state index contributed by atoms with van der Waals surface area (Å²) < 4.78 is 0. The Morgan fingerprint density at radius 2 is 1.81 bits per heavy atom. The molecule has 2 bridgehead atoms. The van der Waals surface area contributed by atoms with Crippen LogP contribution in [0.4, 0.5) is 5.69 Å². The smallest absolute Gasteiger partial charge is 0.269 e. The Morgan fingerprint density at radius 1 is 1.23 bits per heavy atom. The average Bonchev–Trinajstić information content (AvgIpc) is 2.91. The zero-order valence-corrected chi connectivity index (χ0v) is 16.2. The van der Waals surface area contributed by atoms with E-state index in [1.54, 1.807) is 12.1 Å². The van der Waals surface area contributed by atoms with E-state index in [-0.39, 0.29) is 30.0 Å². The predicted molar refractivity (Wildman–Crippen MR) is 103 cm³/mol. The highest BCUT2D eigenvalue weighted by Gasteiger charge is 2.35. The molecule has 1 aromatic rings. The van der Waals surface area contributed by atoms with Crippen LogP contribution in [0.3, 0.4) is 0 Å². The summed E-state index contributed by atoms with van der Waals surface area (Å²) in [7, 11) is 0. The Labute approximate surface area is 160 Å². The van der Waals surface area contributed by atoms with Gasteiger partial charge in [0.25, 0.3) is 5.69 Å². The van der Waals surface area contributed by atoms with E-state index >= 15 is 0 Å². The van der Waals surface area contributed by atoms with Gasteiger partial charge in [-0.05, 0) is 51.0 Å². The van der Waals surface area contributed by atoms with Gasteiger partial charge in [-0.15, -0.1) is 12.4 Å². The minimum absolute atomic E-state index is 0. The van der Waals surface area contributed by atoms with E-state index in [9.17, 15) is 14.9 Å². The molecular formula is C19H28ClN3O3. The molecule has 0 radical (unpaired) electrons. The first-order valence-electron chi connectivity index (χ1n) is 9.21. The maximum Gasteiger partial charge on any atom is 0.269 e. The molecule has 2 aliphatic heterocycles. The van der Waals surface area contributed by atoms with Crippen molar-refractivity contribution in [3.63, 3.8) is 0 Å². The molecule has 2 unspecified atom stereocenters. The highest BCUT2D eigenvalue weighted by molar-refractivity contribution is 5.85. The van der Waals surface area contributed by atoms with Crippen LogP contribution in [0.15, 0.2) is 24.3 Å². The summed E-state index contributed by atoms with van der Waals surface area (Å²) in [5.41, 5.74) is 1.01. The Hall–Kier alpha value is -1.66. The van der Waals surface area contributed by atoms with E-state index in [0.717, 1.165) is 18.4 Å². The molecule has 0 saturated carbocycles. The molecule has 7 heteroatoms. The molecule has 2 fully saturated rings. The number of rotatable bonds is 6. The van der Waals surface area contributed by atoms with Gasteiger partial charge in [0.15, 0.2) is 0 Å². The van der Waals surface area contributed by atoms with E-state index in [1.807, 2.05) is 18.7 Å². The normalized spacial score (nSPS) is 24.2. The molecule has 1 N–H and O–H groups in total. The molecule has 1 amide bonds. The molecule has 6 nitrogen and oxygen atoms in total. The maximum absolute atomic E-state index is 12.9. The fourth-order valence-corrected chi connectivity index (χ4v) is 4.18. The first kappa shape index (κ1) is 20.6. The zero-order chi connectivity index (χ0) is 18.0. The highest BCUT2D eigenvalue weighted by atomic mass is 35.5. The van der Waals surface area contributed by atoms with Crippen LogP contribution >= 0.6 is 12.4 Å². The Kier molecular flexibility index (Phi) is 7.01. The van der Waals surface area contributed by atoms with Crippen molar-refractivity contribution in [2.75, 3.05) is 0 Å². The molecule has 0 aromatic heterocycles. The number of hydrogen-bond donors (Lipinski definition) is 1. The van der Waals surface area contributed by atoms with Crippen molar-refractivity contribution in [1.29, 1.82) is 0 Å². The molecule has 2 aliphatic rings. The number of amides is 1. The van der Waals surface area contributed by atoms with Gasteiger partial charge >= 0.3 is 0 Å². The van der Waals surface area contributed by atoms with Crippen molar-refractivity contribution >= 4 is 24.0 Å². The van der Waals surface area contributed by atoms with Gasteiger partial charge in [-0.1, -0.05) is 12.1 Å². The van der Waals surface area contributed by atoms with Gasteiger partial charge in [-0.25, -0.2) is 0 Å². The topological polar surface area (TPSA) is 75.5 Å². The average molecular weight is 382 g/mol. The van der Waals surface area contributed by atoms with Gasteiger partial charge in [0.2, 0.25) is 5.91 Å². The Bertz CT molecular complexity index is 623. The van der Waals surface area contributed by atoms with Crippen molar-refractivity contribution in [2.24, 2.45) is 5.92 Å². The summed E-state index contributed by atoms with van der Waals surface area (Å²) >= 11 is 0. The van der Waals surface area contributed by atoms with E-state index in [2.05, 4.69) is 5.32 Å². The van der Waals surface area contributed by atoms with E-state index in [0.29, 0.717) is 31.0 Å². The number of halogens is 1. The number of nitrogens with one attached hydrogen (secondary N) is 1. The van der Waals surface area contributed by atoms with Crippen LogP contribution in [-0.4, -0.2) is 33.9 Å². The highest BCUT2D eigenvalue weighted by Crippen LogP contribution is 2.33. The Morgan fingerprint density at radius 3 is 2.31 bits per heavy atom. The molecule has 2 saturated heterocycles. The number of piperidine rings is 1. The lowest BCUT2D eigenvalue weighted by atomic mass is 9.89. The molecule has 2 atom stereocenters. The van der Waals surface area contributed by atoms with Crippen LogP contribution in [-0.2, 0) is 11.3 Å². The van der Waals surface area contributed by atoms with Crippen LogP contribution in [0.5, 0.6) is 0 Å². The van der Waals surface area contributed by atoms with Gasteiger partial charge in [0, 0.05) is 43.2 Å². The number of nitro benzene ring substituents is 1. The van der Waals surface area contributed by atoms with Crippen LogP contribution < -0.4 is 5.32 Å². The third kappa shape index (κ3) is 4.95. The first-order valence-corrected chi connectivity index (χ1v) is 9.21. The number of carbonyl (C=O) groups excluding carboxylic acids is 1. The SMILES string of the molecule is CC(C)N(Cc1ccc([N+](=O)[O-])cc1)C(=O)CC1CC2CCC(C1)N2.Cl. The summed E-state index contributed by atoms with van der Waals surface area (Å²) in [6, 6.07) is 7.79. The van der Waals surface area contributed by atoms with Gasteiger partial charge in [-0.2, -0.15) is 0 Å². The number of hydrogen-bond acceptors (Lipinski definition) is 4. The molecule has 144 valence electrons. The quantitative estimate of drug-likeness (QED) is 0.602. The molecule has 0 aliphatic carbocycles. The number of nitro groups is 1. The Balaban J connectivity index is 0.00000243. The number of nitrogens with zero attached hydrogens (tertiary/aromatic N) is 2. The van der Waals surface area contributed by atoms with Crippen LogP contribution in [0.1, 0.15) is 51.5 Å². The van der Waals surface area contributed by atoms with Gasteiger partial charge in [0.1, 0.15) is 0 Å². The summed E-state index contributed by atoms with van der Waals surface area (Å²) in [4.78, 5) is 25.1. The van der Waals surface area contributed by atoms with E-state index in [1.165, 1.54) is 25.0 Å². The monoisotopic (exact) mass is 381 g/mol. The van der Waals surface area contributed by atoms with Crippen molar-refractivity contribution in [3.05, 3.63) is 39.9 Å². The second-order valence-corrected chi connectivity index (χ2v) is 7.72. The first-order chi connectivity index (χ1) is 11.9. The summed E-state index contributed by atoms with van der Waals surface area (Å²) in [6.45, 7) is 4.55. The lowest BCUT2D eigenvalue weighted by Gasteiger charge is -2.32. The van der Waals surface area contributed by atoms with Crippen molar-refractivity contribution in [3.8, 4) is 0 Å². The number of non-ortho nitro benzene ring substituents is 1. The predicted octanol–water partition coefficient (Wildman–Crippen LogP) is 3.67. The van der Waals surface area contributed by atoms with Gasteiger partial charge in [-0.3, -0.25) is 14.9 Å². The van der Waals surface area contributed by atoms with Gasteiger partial charge < -0.3 is 10.2 Å². The molecular weight excluding hydrogens is 354 g/mol. The minimum atomic E-state index is -0.402. The van der Waals surface area contributed by atoms with Crippen molar-refractivity contribution < 1.29 is 9.72 Å². The molecule has 26 heavy (non-hydrogen) atoms. The lowest BCUT2D eigenvalue weighted by Crippen LogP contribution is -2.42. The molecule has 0 spiro atoms. The number of fused-ring (bicyclic) bond motifs is 2. The summed E-state index contributed by atoms with van der Waals surface area (Å²) in [5, 5.41) is 14.4. The molecule has 3 rings (SSSR count). The number of benzene rings is 1. The van der Waals surface area contributed by atoms with Crippen LogP contribution in [0, 0.1) is 16.0 Å². The van der Waals surface area contributed by atoms with Crippen molar-refractivity contribution in [1.82, 2.24) is 10.2 Å². The third-order valence-corrected chi connectivity index (χ3v) is 5.48. The summed E-state index contributed by atoms with van der Waals surface area (Å²) in [6.07, 6.45) is 5.30. The minimum Gasteiger partial charge on any atom is -0.336 e. The maximum atomic E-state index is 12.9. The molecule has 1 aromatic carbocycles. The van der Waals surface area contributed by atoms with Crippen molar-refractivity contribution in [2.45, 2.75) is 70.6 Å². The zero-order valence-electron chi connectivity index (χ0n) is 15.4. The molecule has 2 heterocycles. The largest absolute Gasteiger partial charge is 0.336 e. The third-order valence-electron chi connectivity index (χ3n) is 5.48. The van der Waals surface area contributed by atoms with Crippen LogP contribution in [0.2, 0.25) is 0 Å². The van der Waals surface area contributed by atoms with E-state index in [4.69, 9.17) is 0 Å². The van der Waals surface area contributed by atoms with Crippen LogP contribution in [0.25, 0.3) is 0 Å². The summed E-state index contributed by atoms with van der Waals surface area (Å²) in [5.74, 6) is 0.670. The lowest BCUT2D eigenvalue weighted by molar-refractivity contribution is -0.384. The number of carbonyl (C=O) groups is 1. The standard InChI is InChI=1S/C19H27N3O3.ClH/c1-13(2)21(12-14-3-7-18(8-4-14)22(24)25)19(23)11-15-9-16-5-6-17(10-15)20-16;/h3-4,7-8,13,15-17,20H,5-6,9-12H2,1-2H3;1H.